The van der Waals surface area contributed by atoms with Crippen LogP contribution in [0.5, 0.6) is 0 Å². The van der Waals surface area contributed by atoms with E-state index in [0.717, 1.165) is 8.68 Å². The average molecular weight is 469 g/mol. The lowest BCUT2D eigenvalue weighted by Gasteiger charge is -1.89. The lowest BCUT2D eigenvalue weighted by molar-refractivity contribution is 0.321. The highest BCUT2D eigenvalue weighted by atomic mass is 35.5. The first-order chi connectivity index (χ1) is 11.6. The molecule has 7 nitrogen and oxygen atoms in total. The summed E-state index contributed by atoms with van der Waals surface area (Å²) in [7, 11) is 0. The highest BCUT2D eigenvalue weighted by molar-refractivity contribution is 8.03. The minimum absolute atomic E-state index is 0.0849. The molecule has 0 aromatic carbocycles. The zero-order valence-corrected chi connectivity index (χ0v) is 18.0. The summed E-state index contributed by atoms with van der Waals surface area (Å²) >= 11 is 20.2. The van der Waals surface area contributed by atoms with E-state index in [1.807, 2.05) is 0 Å². The number of alkyl halides is 1. The number of aromatic nitrogens is 4. The molecule has 2 aromatic rings. The number of aliphatic hydroxyl groups is 3. The molecule has 0 aliphatic heterocycles. The van der Waals surface area contributed by atoms with Gasteiger partial charge < -0.3 is 15.3 Å². The van der Waals surface area contributed by atoms with Gasteiger partial charge >= 0.3 is 0 Å². The Morgan fingerprint density at radius 1 is 0.875 bits per heavy atom. The van der Waals surface area contributed by atoms with E-state index in [2.05, 4.69) is 20.4 Å². The lowest BCUT2D eigenvalue weighted by atomic mass is 10.9. The molecule has 0 amide bonds. The zero-order chi connectivity index (χ0) is 18.2. The average Bonchev–Trinajstić information content (AvgIpc) is 3.20. The lowest BCUT2D eigenvalue weighted by Crippen LogP contribution is -1.84. The van der Waals surface area contributed by atoms with E-state index in [1.54, 1.807) is 0 Å². The van der Waals surface area contributed by atoms with E-state index in [-0.39, 0.29) is 19.8 Å². The molecule has 0 spiro atoms. The Balaban J connectivity index is 0.000000401. The fourth-order valence-electron chi connectivity index (χ4n) is 0.817. The number of thioether (sulfide) groups is 2. The van der Waals surface area contributed by atoms with Crippen molar-refractivity contribution in [1.29, 1.82) is 0 Å². The summed E-state index contributed by atoms with van der Waals surface area (Å²) in [6, 6.07) is 0. The van der Waals surface area contributed by atoms with Crippen LogP contribution < -0.4 is 0 Å². The Kier molecular flexibility index (Phi) is 17.2. The summed E-state index contributed by atoms with van der Waals surface area (Å²) in [6.45, 7) is 0.397. The van der Waals surface area contributed by atoms with Gasteiger partial charge in [-0.3, -0.25) is 10.2 Å². The third kappa shape index (κ3) is 13.7. The molecule has 0 aliphatic carbocycles. The van der Waals surface area contributed by atoms with Crippen molar-refractivity contribution >= 4 is 82.2 Å². The summed E-state index contributed by atoms with van der Waals surface area (Å²) in [5.74, 6) is 1.65. The molecule has 14 heteroatoms. The van der Waals surface area contributed by atoms with E-state index < -0.39 is 0 Å². The Bertz CT molecular complexity index is 581. The van der Waals surface area contributed by atoms with Crippen molar-refractivity contribution in [2.75, 3.05) is 37.2 Å². The second-order valence-corrected chi connectivity index (χ2v) is 9.71. The number of aliphatic hydroxyl groups excluding tert-OH is 3. The van der Waals surface area contributed by atoms with Crippen molar-refractivity contribution in [1.82, 2.24) is 20.4 Å². The van der Waals surface area contributed by atoms with Gasteiger partial charge in [0.05, 0.1) is 19.8 Å². The molecule has 2 rings (SSSR count). The Labute approximate surface area is 170 Å². The number of rotatable bonds is 7. The number of halogens is 1. The SMILES string of the molecule is OCCCl.OCCSc1nnc(SCCO)s1.S=c1[nH][nH]c(=S)s1. The van der Waals surface area contributed by atoms with Gasteiger partial charge in [0.25, 0.3) is 0 Å². The van der Waals surface area contributed by atoms with Crippen molar-refractivity contribution in [3.8, 4) is 0 Å². The number of hydrogen-bond donors (Lipinski definition) is 5. The second kappa shape index (κ2) is 16.9. The van der Waals surface area contributed by atoms with Crippen LogP contribution in [0.1, 0.15) is 0 Å². The van der Waals surface area contributed by atoms with Crippen LogP contribution in [0.2, 0.25) is 0 Å². The molecule has 2 heterocycles. The number of aromatic amines is 2. The smallest absolute Gasteiger partial charge is 0.175 e. The van der Waals surface area contributed by atoms with Gasteiger partial charge in [0.1, 0.15) is 0 Å². The van der Waals surface area contributed by atoms with Gasteiger partial charge in [-0.15, -0.1) is 21.8 Å². The third-order valence-electron chi connectivity index (χ3n) is 1.56. The van der Waals surface area contributed by atoms with Gasteiger partial charge in [0.15, 0.2) is 16.6 Å². The van der Waals surface area contributed by atoms with E-state index in [0.29, 0.717) is 25.3 Å². The number of hydrogen-bond acceptors (Lipinski definition) is 11. The highest BCUT2D eigenvalue weighted by Gasteiger charge is 2.03. The van der Waals surface area contributed by atoms with Crippen LogP contribution in [0.25, 0.3) is 0 Å². The maximum atomic E-state index is 8.57. The molecule has 0 saturated heterocycles. The molecule has 2 aromatic heterocycles. The van der Waals surface area contributed by atoms with E-state index >= 15 is 0 Å². The maximum absolute atomic E-state index is 8.57. The summed E-state index contributed by atoms with van der Waals surface area (Å²) in [6.07, 6.45) is 0. The van der Waals surface area contributed by atoms with Crippen molar-refractivity contribution in [3.05, 3.63) is 7.91 Å². The largest absolute Gasteiger partial charge is 0.396 e. The first-order valence-corrected chi connectivity index (χ1v) is 11.3. The molecule has 0 bridgehead atoms. The molecular weight excluding hydrogens is 452 g/mol. The van der Waals surface area contributed by atoms with E-state index in [1.165, 1.54) is 46.2 Å². The van der Waals surface area contributed by atoms with Crippen LogP contribution in [-0.4, -0.2) is 72.9 Å². The third-order valence-corrected chi connectivity index (χ3v) is 6.16. The Morgan fingerprint density at radius 2 is 1.29 bits per heavy atom. The van der Waals surface area contributed by atoms with Crippen LogP contribution >= 0.6 is 82.2 Å². The summed E-state index contributed by atoms with van der Waals surface area (Å²) in [5.41, 5.74) is 0. The monoisotopic (exact) mass is 468 g/mol. The molecule has 0 atom stereocenters. The molecule has 0 unspecified atom stereocenters. The van der Waals surface area contributed by atoms with Gasteiger partial charge in [-0.2, -0.15) is 0 Å². The Morgan fingerprint density at radius 3 is 1.54 bits per heavy atom. The van der Waals surface area contributed by atoms with Crippen LogP contribution in [0.3, 0.4) is 0 Å². The first-order valence-electron chi connectivity index (χ1n) is 6.32. The van der Waals surface area contributed by atoms with Crippen molar-refractivity contribution in [2.24, 2.45) is 0 Å². The summed E-state index contributed by atoms with van der Waals surface area (Å²) < 4.78 is 3.14. The molecule has 0 saturated carbocycles. The van der Waals surface area contributed by atoms with Crippen LogP contribution in [0.4, 0.5) is 0 Å². The van der Waals surface area contributed by atoms with Crippen LogP contribution in [0, 0.1) is 7.91 Å². The number of nitrogens with zero attached hydrogens (tertiary/aromatic N) is 2. The molecule has 138 valence electrons. The molecule has 0 aliphatic rings. The maximum Gasteiger partial charge on any atom is 0.175 e. The quantitative estimate of drug-likeness (QED) is 0.237. The summed E-state index contributed by atoms with van der Waals surface area (Å²) in [4.78, 5) is 0. The van der Waals surface area contributed by atoms with Gasteiger partial charge in [0, 0.05) is 17.4 Å². The van der Waals surface area contributed by atoms with Crippen molar-refractivity contribution in [2.45, 2.75) is 8.68 Å². The van der Waals surface area contributed by atoms with E-state index in [9.17, 15) is 0 Å². The Hall–Kier alpha value is 0.430. The molecule has 0 radical (unpaired) electrons. The van der Waals surface area contributed by atoms with Crippen LogP contribution in [0.15, 0.2) is 8.68 Å². The topological polar surface area (TPSA) is 118 Å². The van der Waals surface area contributed by atoms with E-state index in [4.69, 9.17) is 51.4 Å². The van der Waals surface area contributed by atoms with Crippen molar-refractivity contribution < 1.29 is 15.3 Å². The first kappa shape index (κ1) is 24.4. The van der Waals surface area contributed by atoms with Gasteiger partial charge in [-0.05, 0) is 24.4 Å². The van der Waals surface area contributed by atoms with Gasteiger partial charge in [0.2, 0.25) is 0 Å². The number of H-pyrrole nitrogens is 2. The summed E-state index contributed by atoms with van der Waals surface area (Å²) in [5, 5.41) is 38.1. The minimum Gasteiger partial charge on any atom is -0.396 e. The van der Waals surface area contributed by atoms with Crippen LogP contribution in [-0.2, 0) is 0 Å². The molecule has 24 heavy (non-hydrogen) atoms. The standard InChI is InChI=1S/C6H10N2O2S3.C2H5ClO.C2H2N2S3/c9-1-3-11-5-7-8-6(13-5)12-4-2-10;3-1-2-4;5-1-3-4-2(6)7-1/h9-10H,1-4H2;4H,1-2H2;(H,3,5)(H,4,6). The predicted octanol–water partition coefficient (Wildman–Crippen LogP) is 2.79. The zero-order valence-electron chi connectivity index (χ0n) is 12.3. The van der Waals surface area contributed by atoms with Gasteiger partial charge in [-0.1, -0.05) is 46.2 Å². The molecule has 0 fully saturated rings. The predicted molar refractivity (Wildman–Crippen MR) is 108 cm³/mol. The second-order valence-electron chi connectivity index (χ2n) is 3.32. The number of nitrogens with one attached hydrogen (secondary N) is 2. The molecule has 5 N–H and O–H groups in total. The highest BCUT2D eigenvalue weighted by Crippen LogP contribution is 2.28. The minimum atomic E-state index is 0.0849. The fourth-order valence-corrected chi connectivity index (χ4v) is 4.59. The molecular formula is C10H17ClN4O3S6. The van der Waals surface area contributed by atoms with Crippen molar-refractivity contribution in [3.63, 3.8) is 0 Å². The fraction of sp³-hybridized carbons (Fsp3) is 0.600. The normalized spacial score (nSPS) is 9.67. The van der Waals surface area contributed by atoms with Gasteiger partial charge in [-0.25, -0.2) is 0 Å².